The molecule has 2 fully saturated rings. The Hall–Kier alpha value is -4.31. The molecule has 46 heavy (non-hydrogen) atoms. The van der Waals surface area contributed by atoms with Gasteiger partial charge in [-0.1, -0.05) is 12.1 Å². The van der Waals surface area contributed by atoms with Gasteiger partial charge in [0.25, 0.3) is 5.91 Å². The Morgan fingerprint density at radius 3 is 2.37 bits per heavy atom. The first-order valence-corrected chi connectivity index (χ1v) is 16.2. The summed E-state index contributed by atoms with van der Waals surface area (Å²) in [5, 5.41) is 3.08. The summed E-state index contributed by atoms with van der Waals surface area (Å²) < 4.78 is 32.8. The molecule has 2 amide bonds. The van der Waals surface area contributed by atoms with Crippen LogP contribution in [-0.4, -0.2) is 80.6 Å². The third-order valence-electron chi connectivity index (χ3n) is 9.25. The lowest BCUT2D eigenvalue weighted by atomic mass is 9.88. The number of halogens is 2. The number of benzene rings is 3. The van der Waals surface area contributed by atoms with E-state index in [9.17, 15) is 18.4 Å². The van der Waals surface area contributed by atoms with Crippen LogP contribution in [0.5, 0.6) is 0 Å². The highest BCUT2D eigenvalue weighted by Gasteiger charge is 2.27. The van der Waals surface area contributed by atoms with E-state index < -0.39 is 11.6 Å². The van der Waals surface area contributed by atoms with Crippen molar-refractivity contribution in [2.24, 2.45) is 10.9 Å². The summed E-state index contributed by atoms with van der Waals surface area (Å²) in [5.74, 6) is -0.591. The average Bonchev–Trinajstić information content (AvgIpc) is 3.43. The number of anilines is 1. The summed E-state index contributed by atoms with van der Waals surface area (Å²) >= 11 is 0. The smallest absolute Gasteiger partial charge is 0.409 e. The lowest BCUT2D eigenvalue weighted by Crippen LogP contribution is -2.44. The lowest BCUT2D eigenvalue weighted by Gasteiger charge is -2.35. The van der Waals surface area contributed by atoms with E-state index in [0.29, 0.717) is 55.5 Å². The molecule has 1 N–H and O–H groups in total. The van der Waals surface area contributed by atoms with Gasteiger partial charge in [0.05, 0.1) is 13.2 Å². The molecule has 0 bridgehead atoms. The van der Waals surface area contributed by atoms with Crippen LogP contribution in [0.25, 0.3) is 0 Å². The van der Waals surface area contributed by atoms with Gasteiger partial charge in [0.2, 0.25) is 0 Å². The number of ether oxygens (including phenoxy) is 1. The summed E-state index contributed by atoms with van der Waals surface area (Å²) in [5.41, 5.74) is 5.95. The van der Waals surface area contributed by atoms with Gasteiger partial charge in [0.1, 0.15) is 17.5 Å². The van der Waals surface area contributed by atoms with Gasteiger partial charge in [-0.25, -0.2) is 13.6 Å². The maximum atomic E-state index is 13.9. The molecular weight excluding hydrogens is 588 g/mol. The molecule has 3 aliphatic heterocycles. The van der Waals surface area contributed by atoms with Crippen LogP contribution in [0.1, 0.15) is 57.9 Å². The zero-order valence-electron chi connectivity index (χ0n) is 26.5. The monoisotopic (exact) mass is 629 g/mol. The van der Waals surface area contributed by atoms with E-state index in [1.807, 2.05) is 37.3 Å². The number of likely N-dealkylation sites (N-methyl/N-ethyl adjacent to an activating group) is 1. The molecule has 3 aromatic carbocycles. The Bertz CT molecular complexity index is 1610. The first kappa shape index (κ1) is 31.7. The van der Waals surface area contributed by atoms with E-state index in [4.69, 9.17) is 4.74 Å². The molecule has 2 saturated heterocycles. The Kier molecular flexibility index (Phi) is 9.63. The van der Waals surface area contributed by atoms with E-state index in [1.54, 1.807) is 4.90 Å². The quantitative estimate of drug-likeness (QED) is 0.379. The van der Waals surface area contributed by atoms with Gasteiger partial charge in [0, 0.05) is 62.1 Å². The fourth-order valence-corrected chi connectivity index (χ4v) is 6.65. The third-order valence-corrected chi connectivity index (χ3v) is 9.25. The third kappa shape index (κ3) is 7.39. The fourth-order valence-electron chi connectivity index (χ4n) is 6.65. The normalized spacial score (nSPS) is 17.1. The molecule has 0 aliphatic carbocycles. The van der Waals surface area contributed by atoms with Crippen molar-refractivity contribution in [1.29, 1.82) is 0 Å². The average molecular weight is 630 g/mol. The van der Waals surface area contributed by atoms with Crippen molar-refractivity contribution in [2.45, 2.75) is 39.2 Å². The van der Waals surface area contributed by atoms with Gasteiger partial charge in [0.15, 0.2) is 0 Å². The minimum atomic E-state index is -0.607. The molecule has 0 saturated carbocycles. The van der Waals surface area contributed by atoms with E-state index in [-0.39, 0.29) is 12.0 Å². The molecule has 0 spiro atoms. The number of fused-ring (bicyclic) bond motifs is 1. The maximum absolute atomic E-state index is 13.9. The number of nitrogens with one attached hydrogen (secondary N) is 1. The molecule has 242 valence electrons. The van der Waals surface area contributed by atoms with Gasteiger partial charge < -0.3 is 24.8 Å². The summed E-state index contributed by atoms with van der Waals surface area (Å²) in [7, 11) is 2.13. The standard InChI is InChI=1S/C36H41F2N5O3/c1-3-46-36(45)43-10-8-24(9-11-43)17-28-21-31(42-14-12-41(2)13-15-42)6-7-32(28)35(44)40-34-33-20-25(4-5-27(33)23-39-34)16-26-18-29(37)22-30(38)19-26/h4-7,18-22,24H,3,8-17,23H2,1-2H3,(H,39,40,44). The van der Waals surface area contributed by atoms with E-state index in [1.165, 1.54) is 12.1 Å². The van der Waals surface area contributed by atoms with Crippen LogP contribution in [0.15, 0.2) is 59.6 Å². The molecule has 8 nitrogen and oxygen atoms in total. The van der Waals surface area contributed by atoms with Crippen LogP contribution < -0.4 is 10.2 Å². The molecule has 3 aromatic rings. The van der Waals surface area contributed by atoms with Gasteiger partial charge >= 0.3 is 6.09 Å². The number of piperidine rings is 1. The van der Waals surface area contributed by atoms with Crippen LogP contribution in [0, 0.1) is 17.6 Å². The number of carbonyl (C=O) groups excluding carboxylic acids is 2. The highest BCUT2D eigenvalue weighted by Crippen LogP contribution is 2.29. The van der Waals surface area contributed by atoms with Crippen LogP contribution >= 0.6 is 0 Å². The number of hydrogen-bond acceptors (Lipinski definition) is 6. The first-order chi connectivity index (χ1) is 22.2. The van der Waals surface area contributed by atoms with Crippen molar-refractivity contribution in [3.63, 3.8) is 0 Å². The predicted molar refractivity (Wildman–Crippen MR) is 174 cm³/mol. The molecular formula is C36H41F2N5O3. The van der Waals surface area contributed by atoms with Crippen LogP contribution in [-0.2, 0) is 24.1 Å². The van der Waals surface area contributed by atoms with Crippen molar-refractivity contribution < 1.29 is 23.1 Å². The number of piperazine rings is 1. The molecule has 0 aromatic heterocycles. The molecule has 0 unspecified atom stereocenters. The van der Waals surface area contributed by atoms with Gasteiger partial charge in [-0.2, -0.15) is 0 Å². The second-order valence-corrected chi connectivity index (χ2v) is 12.5. The molecule has 0 radical (unpaired) electrons. The zero-order chi connectivity index (χ0) is 32.2. The Morgan fingerprint density at radius 1 is 0.913 bits per heavy atom. The van der Waals surface area contributed by atoms with E-state index in [2.05, 4.69) is 33.2 Å². The van der Waals surface area contributed by atoms with Gasteiger partial charge in [-0.3, -0.25) is 9.79 Å². The molecule has 0 atom stereocenters. The Labute approximate surface area is 269 Å². The maximum Gasteiger partial charge on any atom is 0.409 e. The van der Waals surface area contributed by atoms with Crippen molar-refractivity contribution in [3.05, 3.63) is 99.6 Å². The van der Waals surface area contributed by atoms with Gasteiger partial charge in [-0.05, 0) is 104 Å². The Balaban J connectivity index is 1.20. The van der Waals surface area contributed by atoms with Crippen molar-refractivity contribution in [1.82, 2.24) is 15.1 Å². The van der Waals surface area contributed by atoms with Crippen molar-refractivity contribution in [2.75, 3.05) is 57.8 Å². The highest BCUT2D eigenvalue weighted by atomic mass is 19.1. The van der Waals surface area contributed by atoms with E-state index >= 15 is 0 Å². The molecule has 3 aliphatic rings. The lowest BCUT2D eigenvalue weighted by molar-refractivity contribution is 0.0918. The largest absolute Gasteiger partial charge is 0.450 e. The number of likely N-dealkylation sites (tertiary alicyclic amines) is 1. The molecule has 10 heteroatoms. The number of aliphatic imine (C=N–C) groups is 1. The molecule has 3 heterocycles. The number of nitrogens with zero attached hydrogens (tertiary/aromatic N) is 4. The second-order valence-electron chi connectivity index (χ2n) is 12.5. The number of hydrogen-bond donors (Lipinski definition) is 1. The van der Waals surface area contributed by atoms with Crippen LogP contribution in [0.2, 0.25) is 0 Å². The minimum absolute atomic E-state index is 0.215. The Morgan fingerprint density at radius 2 is 1.65 bits per heavy atom. The number of carbonyl (C=O) groups is 2. The summed E-state index contributed by atoms with van der Waals surface area (Å²) in [6.45, 7) is 7.74. The van der Waals surface area contributed by atoms with Gasteiger partial charge in [-0.15, -0.1) is 0 Å². The second kappa shape index (κ2) is 14.0. The van der Waals surface area contributed by atoms with Crippen LogP contribution in [0.3, 0.4) is 0 Å². The highest BCUT2D eigenvalue weighted by molar-refractivity contribution is 6.14. The van der Waals surface area contributed by atoms with Crippen LogP contribution in [0.4, 0.5) is 19.3 Å². The van der Waals surface area contributed by atoms with E-state index in [0.717, 1.165) is 79.4 Å². The summed E-state index contributed by atoms with van der Waals surface area (Å²) in [4.78, 5) is 37.2. The van der Waals surface area contributed by atoms with Crippen molar-refractivity contribution >= 4 is 23.5 Å². The number of amidine groups is 1. The predicted octanol–water partition coefficient (Wildman–Crippen LogP) is 5.41. The minimum Gasteiger partial charge on any atom is -0.450 e. The first-order valence-electron chi connectivity index (χ1n) is 16.2. The van der Waals surface area contributed by atoms with Crippen molar-refractivity contribution in [3.8, 4) is 0 Å². The summed E-state index contributed by atoms with van der Waals surface area (Å²) in [6, 6.07) is 15.5. The number of amides is 2. The summed E-state index contributed by atoms with van der Waals surface area (Å²) in [6.07, 6.45) is 2.52. The fraction of sp³-hybridized carbons (Fsp3) is 0.417. The SMILES string of the molecule is CCOC(=O)N1CCC(Cc2cc(N3CCN(C)CC3)ccc2C(=O)NC2=NCc3ccc(Cc4cc(F)cc(F)c4)cc32)CC1. The zero-order valence-corrected chi connectivity index (χ0v) is 26.5. The number of rotatable bonds is 7. The molecule has 6 rings (SSSR count). The topological polar surface area (TPSA) is 77.5 Å².